The second kappa shape index (κ2) is 9.69. The fourth-order valence-corrected chi connectivity index (χ4v) is 4.27. The number of fused-ring (bicyclic) bond motifs is 1. The Kier molecular flexibility index (Phi) is 6.30. The molecule has 0 spiro atoms. The van der Waals surface area contributed by atoms with Gasteiger partial charge in [0.25, 0.3) is 11.2 Å². The molecule has 1 fully saturated rings. The van der Waals surface area contributed by atoms with Crippen LogP contribution in [0.2, 0.25) is 5.02 Å². The lowest BCUT2D eigenvalue weighted by molar-refractivity contribution is -0.385. The summed E-state index contributed by atoms with van der Waals surface area (Å²) in [6.07, 6.45) is 1.62. The van der Waals surface area contributed by atoms with E-state index in [2.05, 4.69) is 25.5 Å². The summed E-state index contributed by atoms with van der Waals surface area (Å²) in [6, 6.07) is 15.4. The van der Waals surface area contributed by atoms with Gasteiger partial charge in [0.2, 0.25) is 5.95 Å². The van der Waals surface area contributed by atoms with Crippen LogP contribution in [0, 0.1) is 10.1 Å². The fraction of sp³-hybridized carbons (Fsp3) is 0.208. The third-order valence-corrected chi connectivity index (χ3v) is 6.14. The molecule has 2 N–H and O–H groups in total. The molecule has 3 heterocycles. The number of hydrogen-bond acceptors (Lipinski definition) is 8. The molecular formula is C24H22ClN7O3. The van der Waals surface area contributed by atoms with E-state index in [-0.39, 0.29) is 22.8 Å². The lowest BCUT2D eigenvalue weighted by atomic mass is 10.1. The predicted molar refractivity (Wildman–Crippen MR) is 136 cm³/mol. The van der Waals surface area contributed by atoms with Gasteiger partial charge < -0.3 is 15.5 Å². The topological polar surface area (TPSA) is 118 Å². The zero-order valence-corrected chi connectivity index (χ0v) is 19.4. The number of anilines is 3. The summed E-state index contributed by atoms with van der Waals surface area (Å²) >= 11 is 5.93. The number of hydrogen-bond donors (Lipinski definition) is 2. The number of nitrogens with zero attached hydrogens (tertiary/aromatic N) is 5. The van der Waals surface area contributed by atoms with Crippen molar-refractivity contribution >= 4 is 45.6 Å². The largest absolute Gasteiger partial charge is 0.369 e. The van der Waals surface area contributed by atoms with Crippen LogP contribution >= 0.6 is 11.6 Å². The van der Waals surface area contributed by atoms with Crippen molar-refractivity contribution < 1.29 is 4.92 Å². The van der Waals surface area contributed by atoms with Gasteiger partial charge in [0, 0.05) is 71.9 Å². The van der Waals surface area contributed by atoms with Crippen molar-refractivity contribution in [3.63, 3.8) is 0 Å². The highest BCUT2D eigenvalue weighted by atomic mass is 35.5. The molecule has 35 heavy (non-hydrogen) atoms. The second-order valence-corrected chi connectivity index (χ2v) is 8.61. The first-order valence-electron chi connectivity index (χ1n) is 11.1. The van der Waals surface area contributed by atoms with Gasteiger partial charge in [0.1, 0.15) is 5.65 Å². The number of nitro benzene ring substituents is 1. The van der Waals surface area contributed by atoms with Crippen LogP contribution in [-0.2, 0) is 6.54 Å². The van der Waals surface area contributed by atoms with Crippen molar-refractivity contribution in [2.75, 3.05) is 36.4 Å². The molecule has 1 aliphatic rings. The van der Waals surface area contributed by atoms with Crippen molar-refractivity contribution in [1.82, 2.24) is 19.9 Å². The Morgan fingerprint density at radius 2 is 1.86 bits per heavy atom. The van der Waals surface area contributed by atoms with E-state index in [0.29, 0.717) is 22.5 Å². The van der Waals surface area contributed by atoms with E-state index >= 15 is 0 Å². The zero-order chi connectivity index (χ0) is 24.4. The van der Waals surface area contributed by atoms with Gasteiger partial charge in [-0.1, -0.05) is 11.6 Å². The smallest absolute Gasteiger partial charge is 0.275 e. The van der Waals surface area contributed by atoms with E-state index in [1.807, 2.05) is 24.3 Å². The molecule has 10 nitrogen and oxygen atoms in total. The highest BCUT2D eigenvalue weighted by Gasteiger charge is 2.17. The van der Waals surface area contributed by atoms with E-state index in [1.165, 1.54) is 16.7 Å². The van der Waals surface area contributed by atoms with Crippen molar-refractivity contribution in [1.29, 1.82) is 0 Å². The Morgan fingerprint density at radius 1 is 1.09 bits per heavy atom. The quantitative estimate of drug-likeness (QED) is 0.310. The molecule has 0 radical (unpaired) electrons. The number of nitrogens with one attached hydrogen (secondary N) is 2. The van der Waals surface area contributed by atoms with Gasteiger partial charge >= 0.3 is 0 Å². The molecule has 2 aromatic carbocycles. The van der Waals surface area contributed by atoms with Crippen LogP contribution in [0.4, 0.5) is 23.0 Å². The van der Waals surface area contributed by atoms with E-state index in [0.717, 1.165) is 37.6 Å². The van der Waals surface area contributed by atoms with Crippen LogP contribution in [0.25, 0.3) is 11.0 Å². The highest BCUT2D eigenvalue weighted by Crippen LogP contribution is 2.25. The van der Waals surface area contributed by atoms with Gasteiger partial charge in [-0.2, -0.15) is 4.98 Å². The molecule has 5 rings (SSSR count). The molecule has 0 unspecified atom stereocenters. The van der Waals surface area contributed by atoms with E-state index in [4.69, 9.17) is 11.6 Å². The van der Waals surface area contributed by atoms with Gasteiger partial charge in [-0.25, -0.2) is 4.98 Å². The molecule has 2 aromatic heterocycles. The first-order chi connectivity index (χ1) is 17.0. The lowest BCUT2D eigenvalue weighted by Gasteiger charge is -2.29. The maximum atomic E-state index is 12.7. The van der Waals surface area contributed by atoms with Crippen LogP contribution in [0.3, 0.4) is 0 Å². The second-order valence-electron chi connectivity index (χ2n) is 8.17. The summed E-state index contributed by atoms with van der Waals surface area (Å²) in [7, 11) is 0. The average Bonchev–Trinajstić information content (AvgIpc) is 2.87. The van der Waals surface area contributed by atoms with Crippen LogP contribution in [0.1, 0.15) is 5.56 Å². The summed E-state index contributed by atoms with van der Waals surface area (Å²) in [5.41, 5.74) is 2.20. The van der Waals surface area contributed by atoms with Crippen LogP contribution in [-0.4, -0.2) is 45.6 Å². The fourth-order valence-electron chi connectivity index (χ4n) is 4.10. The number of aromatic nitrogens is 3. The van der Waals surface area contributed by atoms with Gasteiger partial charge in [0.15, 0.2) is 0 Å². The molecule has 1 aliphatic heterocycles. The third kappa shape index (κ3) is 4.93. The molecule has 4 aromatic rings. The molecule has 0 amide bonds. The first-order valence-corrected chi connectivity index (χ1v) is 11.5. The minimum atomic E-state index is -0.511. The van der Waals surface area contributed by atoms with Gasteiger partial charge in [-0.3, -0.25) is 19.5 Å². The molecule has 1 saturated heterocycles. The van der Waals surface area contributed by atoms with E-state index < -0.39 is 4.92 Å². The highest BCUT2D eigenvalue weighted by molar-refractivity contribution is 6.30. The number of rotatable bonds is 6. The molecule has 0 saturated carbocycles. The summed E-state index contributed by atoms with van der Waals surface area (Å²) in [5, 5.41) is 18.9. The van der Waals surface area contributed by atoms with Gasteiger partial charge in [-0.05, 0) is 42.5 Å². The monoisotopic (exact) mass is 491 g/mol. The molecular weight excluding hydrogens is 470 g/mol. The Balaban J connectivity index is 1.45. The molecule has 178 valence electrons. The van der Waals surface area contributed by atoms with Crippen LogP contribution < -0.4 is 21.1 Å². The van der Waals surface area contributed by atoms with Crippen molar-refractivity contribution in [3.05, 3.63) is 91.8 Å². The van der Waals surface area contributed by atoms with Gasteiger partial charge in [0.05, 0.1) is 11.5 Å². The maximum Gasteiger partial charge on any atom is 0.275 e. The minimum absolute atomic E-state index is 0.0283. The number of pyridine rings is 1. The number of nitro groups is 1. The summed E-state index contributed by atoms with van der Waals surface area (Å²) < 4.78 is 1.39. The summed E-state index contributed by atoms with van der Waals surface area (Å²) in [4.78, 5) is 35.0. The van der Waals surface area contributed by atoms with Crippen molar-refractivity contribution in [2.45, 2.75) is 6.54 Å². The lowest BCUT2D eigenvalue weighted by Crippen LogP contribution is -2.43. The zero-order valence-electron chi connectivity index (χ0n) is 18.6. The molecule has 0 atom stereocenters. The standard InChI is InChI=1S/C24H22ClN7O3/c25-18-3-1-17(21(13-18)32(34)35)15-31-22(33)8-2-16-14-27-24(29-23(16)31)28-19-4-6-20(7-5-19)30-11-9-26-10-12-30/h1-8,13-14,26H,9-12,15H2,(H,27,28,29). The van der Waals surface area contributed by atoms with E-state index in [1.54, 1.807) is 24.4 Å². The minimum Gasteiger partial charge on any atom is -0.369 e. The average molecular weight is 492 g/mol. The Hall–Kier alpha value is -4.02. The third-order valence-electron chi connectivity index (χ3n) is 5.90. The Labute approximate surface area is 205 Å². The number of piperazine rings is 1. The summed E-state index contributed by atoms with van der Waals surface area (Å²) in [6.45, 7) is 3.82. The maximum absolute atomic E-state index is 12.7. The normalized spacial score (nSPS) is 13.7. The first kappa shape index (κ1) is 22.8. The van der Waals surface area contributed by atoms with Crippen LogP contribution in [0.15, 0.2) is 65.6 Å². The predicted octanol–water partition coefficient (Wildman–Crippen LogP) is 3.55. The van der Waals surface area contributed by atoms with Crippen molar-refractivity contribution in [3.8, 4) is 0 Å². The Bertz CT molecular complexity index is 1450. The van der Waals surface area contributed by atoms with Gasteiger partial charge in [-0.15, -0.1) is 0 Å². The Morgan fingerprint density at radius 3 is 2.60 bits per heavy atom. The van der Waals surface area contributed by atoms with Crippen LogP contribution in [0.5, 0.6) is 0 Å². The number of halogens is 1. The number of benzene rings is 2. The van der Waals surface area contributed by atoms with Crippen molar-refractivity contribution in [2.24, 2.45) is 0 Å². The molecule has 0 bridgehead atoms. The summed E-state index contributed by atoms with van der Waals surface area (Å²) in [5.74, 6) is 0.317. The molecule has 0 aliphatic carbocycles. The molecule has 11 heteroatoms. The SMILES string of the molecule is O=c1ccc2cnc(Nc3ccc(N4CCNCC4)cc3)nc2n1Cc1ccc(Cl)cc1[N+](=O)[O-]. The van der Waals surface area contributed by atoms with E-state index in [9.17, 15) is 14.9 Å².